The lowest BCUT2D eigenvalue weighted by molar-refractivity contribution is 0.154. The third kappa shape index (κ3) is 3.72. The molecule has 1 aliphatic heterocycles. The first-order chi connectivity index (χ1) is 10.7. The Morgan fingerprint density at radius 2 is 1.68 bits per heavy atom. The average molecular weight is 307 g/mol. The standard InChI is InChI=1S/C17H25NO4/c1-19-10-9-18-7-5-13(6-8-18)17-15(21-3)11-14(20-2)12-16(17)22-4/h5,11-12H,6-10H2,1-4H3. The fourth-order valence-electron chi connectivity index (χ4n) is 2.68. The van der Waals surface area contributed by atoms with Crippen molar-refractivity contribution in [1.82, 2.24) is 4.90 Å². The molecule has 1 aromatic rings. The van der Waals surface area contributed by atoms with Crippen molar-refractivity contribution in [3.63, 3.8) is 0 Å². The largest absolute Gasteiger partial charge is 0.496 e. The van der Waals surface area contributed by atoms with E-state index in [0.717, 1.165) is 55.5 Å². The molecule has 0 aromatic heterocycles. The van der Waals surface area contributed by atoms with Crippen LogP contribution in [0.25, 0.3) is 5.57 Å². The van der Waals surface area contributed by atoms with Crippen molar-refractivity contribution in [2.45, 2.75) is 6.42 Å². The molecule has 0 atom stereocenters. The Labute approximate surface area is 132 Å². The first-order valence-electron chi connectivity index (χ1n) is 7.44. The highest BCUT2D eigenvalue weighted by atomic mass is 16.5. The van der Waals surface area contributed by atoms with Gasteiger partial charge in [-0.25, -0.2) is 0 Å². The third-order valence-electron chi connectivity index (χ3n) is 3.94. The van der Waals surface area contributed by atoms with Gasteiger partial charge in [0.25, 0.3) is 0 Å². The second kappa shape index (κ2) is 8.06. The maximum Gasteiger partial charge on any atom is 0.133 e. The van der Waals surface area contributed by atoms with Gasteiger partial charge >= 0.3 is 0 Å². The van der Waals surface area contributed by atoms with Gasteiger partial charge in [-0.1, -0.05) is 6.08 Å². The van der Waals surface area contributed by atoms with E-state index in [1.54, 1.807) is 28.4 Å². The van der Waals surface area contributed by atoms with Crippen molar-refractivity contribution in [3.05, 3.63) is 23.8 Å². The number of hydrogen-bond donors (Lipinski definition) is 0. The molecule has 5 heteroatoms. The zero-order chi connectivity index (χ0) is 15.9. The van der Waals surface area contributed by atoms with Gasteiger partial charge in [-0.2, -0.15) is 0 Å². The second-order valence-corrected chi connectivity index (χ2v) is 5.18. The van der Waals surface area contributed by atoms with Gasteiger partial charge in [0.1, 0.15) is 17.2 Å². The summed E-state index contributed by atoms with van der Waals surface area (Å²) in [5, 5.41) is 0. The summed E-state index contributed by atoms with van der Waals surface area (Å²) in [7, 11) is 6.72. The van der Waals surface area contributed by atoms with Crippen LogP contribution in [0.15, 0.2) is 18.2 Å². The van der Waals surface area contributed by atoms with Gasteiger partial charge < -0.3 is 18.9 Å². The summed E-state index contributed by atoms with van der Waals surface area (Å²) in [6.45, 7) is 3.64. The highest BCUT2D eigenvalue weighted by Gasteiger charge is 2.20. The minimum Gasteiger partial charge on any atom is -0.496 e. The third-order valence-corrected chi connectivity index (χ3v) is 3.94. The Bertz CT molecular complexity index is 502. The summed E-state index contributed by atoms with van der Waals surface area (Å²) in [6, 6.07) is 3.80. The molecule has 0 bridgehead atoms. The Morgan fingerprint density at radius 3 is 2.14 bits per heavy atom. The number of rotatable bonds is 7. The number of hydrogen-bond acceptors (Lipinski definition) is 5. The second-order valence-electron chi connectivity index (χ2n) is 5.18. The fraction of sp³-hybridized carbons (Fsp3) is 0.529. The molecule has 22 heavy (non-hydrogen) atoms. The molecule has 0 radical (unpaired) electrons. The smallest absolute Gasteiger partial charge is 0.133 e. The Hall–Kier alpha value is -1.72. The van der Waals surface area contributed by atoms with Gasteiger partial charge in [0, 0.05) is 38.9 Å². The van der Waals surface area contributed by atoms with Crippen LogP contribution in [-0.4, -0.2) is 59.6 Å². The Balaban J connectivity index is 2.26. The molecule has 0 N–H and O–H groups in total. The normalized spacial score (nSPS) is 15.4. The molecule has 0 saturated heterocycles. The van der Waals surface area contributed by atoms with Crippen molar-refractivity contribution in [1.29, 1.82) is 0 Å². The van der Waals surface area contributed by atoms with Crippen LogP contribution in [0.5, 0.6) is 17.2 Å². The van der Waals surface area contributed by atoms with Crippen LogP contribution in [0.3, 0.4) is 0 Å². The van der Waals surface area contributed by atoms with Crippen molar-refractivity contribution in [2.24, 2.45) is 0 Å². The molecule has 2 rings (SSSR count). The summed E-state index contributed by atoms with van der Waals surface area (Å²) < 4.78 is 21.5. The SMILES string of the molecule is COCCN1CC=C(c2c(OC)cc(OC)cc2OC)CC1. The summed E-state index contributed by atoms with van der Waals surface area (Å²) >= 11 is 0. The zero-order valence-electron chi connectivity index (χ0n) is 13.8. The van der Waals surface area contributed by atoms with Gasteiger partial charge in [0.15, 0.2) is 0 Å². The van der Waals surface area contributed by atoms with E-state index in [-0.39, 0.29) is 0 Å². The lowest BCUT2D eigenvalue weighted by Crippen LogP contribution is -2.31. The number of methoxy groups -OCH3 is 4. The molecule has 0 spiro atoms. The summed E-state index contributed by atoms with van der Waals surface area (Å²) in [4.78, 5) is 2.37. The van der Waals surface area contributed by atoms with E-state index in [2.05, 4.69) is 11.0 Å². The van der Waals surface area contributed by atoms with Crippen LogP contribution in [0, 0.1) is 0 Å². The quantitative estimate of drug-likeness (QED) is 0.774. The van der Waals surface area contributed by atoms with E-state index < -0.39 is 0 Å². The van der Waals surface area contributed by atoms with Crippen LogP contribution in [-0.2, 0) is 4.74 Å². The van der Waals surface area contributed by atoms with Crippen LogP contribution in [0.1, 0.15) is 12.0 Å². The van der Waals surface area contributed by atoms with Gasteiger partial charge in [-0.15, -0.1) is 0 Å². The molecule has 5 nitrogen and oxygen atoms in total. The summed E-state index contributed by atoms with van der Waals surface area (Å²) in [5.74, 6) is 2.30. The fourth-order valence-corrected chi connectivity index (χ4v) is 2.68. The van der Waals surface area contributed by atoms with Crippen LogP contribution < -0.4 is 14.2 Å². The van der Waals surface area contributed by atoms with Crippen molar-refractivity contribution in [2.75, 3.05) is 54.7 Å². The molecule has 0 fully saturated rings. The maximum atomic E-state index is 5.54. The minimum atomic E-state index is 0.732. The van der Waals surface area contributed by atoms with E-state index >= 15 is 0 Å². The zero-order valence-corrected chi connectivity index (χ0v) is 13.8. The summed E-state index contributed by atoms with van der Waals surface area (Å²) in [5.41, 5.74) is 2.28. The molecular formula is C17H25NO4. The predicted molar refractivity (Wildman–Crippen MR) is 87.0 cm³/mol. The van der Waals surface area contributed by atoms with Crippen molar-refractivity contribution in [3.8, 4) is 17.2 Å². The molecule has 1 aromatic carbocycles. The van der Waals surface area contributed by atoms with Crippen LogP contribution in [0.2, 0.25) is 0 Å². The van der Waals surface area contributed by atoms with Crippen molar-refractivity contribution < 1.29 is 18.9 Å². The van der Waals surface area contributed by atoms with Crippen LogP contribution in [0.4, 0.5) is 0 Å². The maximum absolute atomic E-state index is 5.54. The van der Waals surface area contributed by atoms with E-state index in [4.69, 9.17) is 18.9 Å². The lowest BCUT2D eigenvalue weighted by Gasteiger charge is -2.27. The monoisotopic (exact) mass is 307 g/mol. The van der Waals surface area contributed by atoms with Gasteiger partial charge in [0.2, 0.25) is 0 Å². The first kappa shape index (κ1) is 16.6. The summed E-state index contributed by atoms with van der Waals surface area (Å²) in [6.07, 6.45) is 3.20. The predicted octanol–water partition coefficient (Wildman–Crippen LogP) is 2.45. The van der Waals surface area contributed by atoms with Gasteiger partial charge in [-0.05, 0) is 12.0 Å². The molecule has 122 valence electrons. The van der Waals surface area contributed by atoms with Gasteiger partial charge in [-0.3, -0.25) is 4.90 Å². The number of nitrogens with zero attached hydrogens (tertiary/aromatic N) is 1. The topological polar surface area (TPSA) is 40.2 Å². The molecule has 1 aliphatic rings. The molecule has 0 unspecified atom stereocenters. The van der Waals surface area contributed by atoms with E-state index in [0.29, 0.717) is 0 Å². The number of benzene rings is 1. The molecule has 0 saturated carbocycles. The van der Waals surface area contributed by atoms with Crippen LogP contribution >= 0.6 is 0 Å². The Morgan fingerprint density at radius 1 is 1.00 bits per heavy atom. The number of ether oxygens (including phenoxy) is 4. The van der Waals surface area contributed by atoms with Gasteiger partial charge in [0.05, 0.1) is 33.5 Å². The minimum absolute atomic E-state index is 0.732. The highest BCUT2D eigenvalue weighted by molar-refractivity contribution is 5.77. The molecule has 0 aliphatic carbocycles. The molecule has 0 amide bonds. The van der Waals surface area contributed by atoms with E-state index in [1.807, 2.05) is 12.1 Å². The average Bonchev–Trinajstić information content (AvgIpc) is 2.59. The Kier molecular flexibility index (Phi) is 6.10. The van der Waals surface area contributed by atoms with E-state index in [9.17, 15) is 0 Å². The van der Waals surface area contributed by atoms with E-state index in [1.165, 1.54) is 5.57 Å². The first-order valence-corrected chi connectivity index (χ1v) is 7.44. The van der Waals surface area contributed by atoms with Crippen molar-refractivity contribution >= 4 is 5.57 Å². The lowest BCUT2D eigenvalue weighted by atomic mass is 9.97. The molecule has 1 heterocycles. The highest BCUT2D eigenvalue weighted by Crippen LogP contribution is 2.40. The molecular weight excluding hydrogens is 282 g/mol.